The van der Waals surface area contributed by atoms with Crippen LogP contribution in [0.4, 0.5) is 10.1 Å². The third kappa shape index (κ3) is 3.20. The number of halogens is 1. The molecule has 0 atom stereocenters. The maximum absolute atomic E-state index is 13.9. The molecule has 5 nitrogen and oxygen atoms in total. The smallest absolute Gasteiger partial charge is 0.228 e. The van der Waals surface area contributed by atoms with E-state index in [1.807, 2.05) is 50.9 Å². The van der Waals surface area contributed by atoms with Gasteiger partial charge in [0.2, 0.25) is 5.91 Å². The zero-order valence-corrected chi connectivity index (χ0v) is 13.8. The van der Waals surface area contributed by atoms with E-state index in [2.05, 4.69) is 4.98 Å². The Balaban J connectivity index is 1.39. The first-order valence-corrected chi connectivity index (χ1v) is 8.40. The van der Waals surface area contributed by atoms with E-state index in [0.717, 1.165) is 11.3 Å². The van der Waals surface area contributed by atoms with E-state index < -0.39 is 0 Å². The molecule has 1 saturated heterocycles. The molecule has 0 bridgehead atoms. The number of amides is 1. The summed E-state index contributed by atoms with van der Waals surface area (Å²) in [6, 6.07) is 12.5. The molecule has 1 amide bonds. The Bertz CT molecular complexity index is 866. The van der Waals surface area contributed by atoms with Gasteiger partial charge in [0.1, 0.15) is 11.5 Å². The van der Waals surface area contributed by atoms with Crippen molar-refractivity contribution in [2.75, 3.05) is 31.1 Å². The van der Waals surface area contributed by atoms with Crippen LogP contribution in [0.5, 0.6) is 0 Å². The molecule has 128 valence electrons. The minimum Gasteiger partial charge on any atom is -0.366 e. The minimum atomic E-state index is -0.216. The summed E-state index contributed by atoms with van der Waals surface area (Å²) in [5, 5.41) is 0. The molecule has 4 rings (SSSR count). The first-order valence-electron chi connectivity index (χ1n) is 8.40. The fraction of sp³-hybridized carbons (Fsp3) is 0.263. The van der Waals surface area contributed by atoms with E-state index in [4.69, 9.17) is 0 Å². The van der Waals surface area contributed by atoms with Gasteiger partial charge < -0.3 is 14.2 Å². The Morgan fingerprint density at radius 2 is 1.80 bits per heavy atom. The third-order valence-corrected chi connectivity index (χ3v) is 4.57. The largest absolute Gasteiger partial charge is 0.366 e. The standard InChI is InChI=1S/C19H19FN4O/c20-16-5-1-2-6-17(16)22-9-11-23(12-10-22)19(25)13-15-14-24-8-4-3-7-18(24)21-15/h1-8,14H,9-13H2. The highest BCUT2D eigenvalue weighted by atomic mass is 19.1. The van der Waals surface area contributed by atoms with Gasteiger partial charge in [-0.15, -0.1) is 0 Å². The summed E-state index contributed by atoms with van der Waals surface area (Å²) in [5.74, 6) is -0.149. The van der Waals surface area contributed by atoms with Crippen molar-refractivity contribution in [2.45, 2.75) is 6.42 Å². The Kier molecular flexibility index (Phi) is 4.09. The number of hydrogen-bond donors (Lipinski definition) is 0. The van der Waals surface area contributed by atoms with Crippen molar-refractivity contribution < 1.29 is 9.18 Å². The van der Waals surface area contributed by atoms with Crippen molar-refractivity contribution in [3.05, 3.63) is 66.4 Å². The minimum absolute atomic E-state index is 0.0663. The number of carbonyl (C=O) groups is 1. The lowest BCUT2D eigenvalue weighted by atomic mass is 10.2. The second-order valence-corrected chi connectivity index (χ2v) is 6.19. The summed E-state index contributed by atoms with van der Waals surface area (Å²) < 4.78 is 15.8. The van der Waals surface area contributed by atoms with Gasteiger partial charge in [0.25, 0.3) is 0 Å². The number of aromatic nitrogens is 2. The molecule has 1 fully saturated rings. The summed E-state index contributed by atoms with van der Waals surface area (Å²) in [6.45, 7) is 2.47. The average molecular weight is 338 g/mol. The molecule has 1 aliphatic rings. The number of fused-ring (bicyclic) bond motifs is 1. The highest BCUT2D eigenvalue weighted by Crippen LogP contribution is 2.20. The summed E-state index contributed by atoms with van der Waals surface area (Å²) in [5.41, 5.74) is 2.22. The van der Waals surface area contributed by atoms with E-state index in [-0.39, 0.29) is 11.7 Å². The molecular formula is C19H19FN4O. The maximum Gasteiger partial charge on any atom is 0.228 e. The average Bonchev–Trinajstić information content (AvgIpc) is 3.04. The van der Waals surface area contributed by atoms with Gasteiger partial charge in [0.15, 0.2) is 0 Å². The molecule has 2 aromatic heterocycles. The highest BCUT2D eigenvalue weighted by Gasteiger charge is 2.23. The van der Waals surface area contributed by atoms with Gasteiger partial charge in [-0.3, -0.25) is 4.79 Å². The predicted molar refractivity (Wildman–Crippen MR) is 94.1 cm³/mol. The zero-order valence-electron chi connectivity index (χ0n) is 13.8. The number of piperazine rings is 1. The zero-order chi connectivity index (χ0) is 17.2. The van der Waals surface area contributed by atoms with Crippen molar-refractivity contribution in [3.63, 3.8) is 0 Å². The van der Waals surface area contributed by atoms with Crippen LogP contribution in [-0.4, -0.2) is 46.4 Å². The lowest BCUT2D eigenvalue weighted by molar-refractivity contribution is -0.130. The van der Waals surface area contributed by atoms with E-state index in [0.29, 0.717) is 38.3 Å². The number of para-hydroxylation sites is 1. The van der Waals surface area contributed by atoms with Gasteiger partial charge >= 0.3 is 0 Å². The summed E-state index contributed by atoms with van der Waals surface area (Å²) in [6.07, 6.45) is 4.10. The van der Waals surface area contributed by atoms with Crippen LogP contribution in [0.15, 0.2) is 54.9 Å². The molecule has 0 radical (unpaired) electrons. The number of carbonyl (C=O) groups excluding carboxylic acids is 1. The second kappa shape index (κ2) is 6.55. The van der Waals surface area contributed by atoms with E-state index in [1.165, 1.54) is 6.07 Å². The Morgan fingerprint density at radius 1 is 1.04 bits per heavy atom. The Hall–Kier alpha value is -2.89. The molecule has 0 saturated carbocycles. The van der Waals surface area contributed by atoms with Crippen LogP contribution < -0.4 is 4.90 Å². The third-order valence-electron chi connectivity index (χ3n) is 4.57. The fourth-order valence-electron chi connectivity index (χ4n) is 3.24. The van der Waals surface area contributed by atoms with E-state index >= 15 is 0 Å². The molecule has 0 aliphatic carbocycles. The van der Waals surface area contributed by atoms with Crippen LogP contribution >= 0.6 is 0 Å². The van der Waals surface area contributed by atoms with Crippen molar-refractivity contribution in [1.29, 1.82) is 0 Å². The molecule has 1 aliphatic heterocycles. The molecule has 0 unspecified atom stereocenters. The van der Waals surface area contributed by atoms with Gasteiger partial charge in [-0.1, -0.05) is 18.2 Å². The first kappa shape index (κ1) is 15.6. The van der Waals surface area contributed by atoms with Gasteiger partial charge in [0.05, 0.1) is 17.8 Å². The second-order valence-electron chi connectivity index (χ2n) is 6.19. The van der Waals surface area contributed by atoms with Crippen LogP contribution in [0.1, 0.15) is 5.69 Å². The van der Waals surface area contributed by atoms with Crippen LogP contribution in [0.25, 0.3) is 5.65 Å². The molecule has 3 heterocycles. The van der Waals surface area contributed by atoms with E-state index in [1.54, 1.807) is 12.1 Å². The Labute approximate surface area is 145 Å². The number of pyridine rings is 1. The Morgan fingerprint density at radius 3 is 2.56 bits per heavy atom. The van der Waals surface area contributed by atoms with E-state index in [9.17, 15) is 9.18 Å². The van der Waals surface area contributed by atoms with Crippen LogP contribution in [0.2, 0.25) is 0 Å². The SMILES string of the molecule is O=C(Cc1cn2ccccc2n1)N1CCN(c2ccccc2F)CC1. The summed E-state index contributed by atoms with van der Waals surface area (Å²) in [4.78, 5) is 20.8. The lowest BCUT2D eigenvalue weighted by Gasteiger charge is -2.36. The van der Waals surface area contributed by atoms with Crippen molar-refractivity contribution in [1.82, 2.24) is 14.3 Å². The number of anilines is 1. The predicted octanol–water partition coefficient (Wildman–Crippen LogP) is 2.36. The molecule has 6 heteroatoms. The van der Waals surface area contributed by atoms with Crippen LogP contribution in [0.3, 0.4) is 0 Å². The fourth-order valence-corrected chi connectivity index (χ4v) is 3.24. The number of imidazole rings is 1. The normalized spacial score (nSPS) is 14.9. The summed E-state index contributed by atoms with van der Waals surface area (Å²) >= 11 is 0. The maximum atomic E-state index is 13.9. The monoisotopic (exact) mass is 338 g/mol. The van der Waals surface area contributed by atoms with Gasteiger partial charge in [0, 0.05) is 38.6 Å². The highest BCUT2D eigenvalue weighted by molar-refractivity contribution is 5.78. The van der Waals surface area contributed by atoms with Crippen molar-refractivity contribution >= 4 is 17.2 Å². The lowest BCUT2D eigenvalue weighted by Crippen LogP contribution is -2.49. The number of hydrogen-bond acceptors (Lipinski definition) is 3. The van der Waals surface area contributed by atoms with Crippen molar-refractivity contribution in [2.24, 2.45) is 0 Å². The molecule has 25 heavy (non-hydrogen) atoms. The van der Waals surface area contributed by atoms with Crippen molar-refractivity contribution in [3.8, 4) is 0 Å². The molecule has 0 N–H and O–H groups in total. The summed E-state index contributed by atoms with van der Waals surface area (Å²) in [7, 11) is 0. The molecular weight excluding hydrogens is 319 g/mol. The number of benzene rings is 1. The number of nitrogens with zero attached hydrogens (tertiary/aromatic N) is 4. The number of rotatable bonds is 3. The first-order chi connectivity index (χ1) is 12.2. The van der Waals surface area contributed by atoms with Gasteiger partial charge in [-0.05, 0) is 24.3 Å². The van der Waals surface area contributed by atoms with Crippen LogP contribution in [0, 0.1) is 5.82 Å². The van der Waals surface area contributed by atoms with Gasteiger partial charge in [-0.2, -0.15) is 0 Å². The molecule has 0 spiro atoms. The molecule has 3 aromatic rings. The topological polar surface area (TPSA) is 40.9 Å². The quantitative estimate of drug-likeness (QED) is 0.736. The molecule has 1 aromatic carbocycles. The van der Waals surface area contributed by atoms with Gasteiger partial charge in [-0.25, -0.2) is 9.37 Å². The van der Waals surface area contributed by atoms with Crippen LogP contribution in [-0.2, 0) is 11.2 Å².